The molecule has 2 aliphatic rings. The van der Waals surface area contributed by atoms with Crippen LogP contribution in [0.5, 0.6) is 0 Å². The van der Waals surface area contributed by atoms with Crippen molar-refractivity contribution in [3.05, 3.63) is 35.2 Å². The molecule has 1 fully saturated rings. The third kappa shape index (κ3) is 2.12. The minimum Gasteiger partial charge on any atom is -0.352 e. The standard InChI is InChI=1S/C17H19N3O2/c1-9-5-14(15-10(2)20-22-17(15)19-9)16(21)18-8-13-7-11-3-4-12(13)6-11/h3-5,11-13H,6-8H2,1-2H3,(H,18,21)/t11-,12-,13+/m1/s1. The fourth-order valence-electron chi connectivity index (χ4n) is 3.85. The first-order valence-electron chi connectivity index (χ1n) is 7.82. The highest BCUT2D eigenvalue weighted by atomic mass is 16.5. The zero-order chi connectivity index (χ0) is 15.3. The van der Waals surface area contributed by atoms with Gasteiger partial charge in [-0.1, -0.05) is 17.3 Å². The predicted octanol–water partition coefficient (Wildman–Crippen LogP) is 2.78. The fraction of sp³-hybridized carbons (Fsp3) is 0.471. The Balaban J connectivity index is 1.55. The van der Waals surface area contributed by atoms with E-state index in [2.05, 4.69) is 27.6 Å². The summed E-state index contributed by atoms with van der Waals surface area (Å²) in [7, 11) is 0. The lowest BCUT2D eigenvalue weighted by atomic mass is 9.93. The van der Waals surface area contributed by atoms with Gasteiger partial charge in [-0.05, 0) is 50.5 Å². The first kappa shape index (κ1) is 13.5. The lowest BCUT2D eigenvalue weighted by Gasteiger charge is -2.18. The number of aromatic nitrogens is 2. The van der Waals surface area contributed by atoms with Gasteiger partial charge in [-0.25, -0.2) is 4.98 Å². The van der Waals surface area contributed by atoms with Crippen LogP contribution in [-0.2, 0) is 0 Å². The van der Waals surface area contributed by atoms with Crippen molar-refractivity contribution in [1.29, 1.82) is 0 Å². The van der Waals surface area contributed by atoms with Gasteiger partial charge in [0.05, 0.1) is 16.6 Å². The van der Waals surface area contributed by atoms with Gasteiger partial charge in [0, 0.05) is 12.2 Å². The van der Waals surface area contributed by atoms with E-state index in [1.807, 2.05) is 19.9 Å². The van der Waals surface area contributed by atoms with Gasteiger partial charge < -0.3 is 9.84 Å². The van der Waals surface area contributed by atoms with E-state index >= 15 is 0 Å². The number of amides is 1. The second-order valence-electron chi connectivity index (χ2n) is 6.51. The molecule has 5 nitrogen and oxygen atoms in total. The Hall–Kier alpha value is -2.17. The number of nitrogens with zero attached hydrogens (tertiary/aromatic N) is 2. The molecule has 2 aromatic rings. The highest BCUT2D eigenvalue weighted by molar-refractivity contribution is 6.06. The average Bonchev–Trinajstić information content (AvgIpc) is 3.20. The summed E-state index contributed by atoms with van der Waals surface area (Å²) in [6.45, 7) is 4.42. The summed E-state index contributed by atoms with van der Waals surface area (Å²) in [6, 6.07) is 1.81. The number of aryl methyl sites for hydroxylation is 2. The molecule has 4 rings (SSSR count). The summed E-state index contributed by atoms with van der Waals surface area (Å²) in [6.07, 6.45) is 7.08. The monoisotopic (exact) mass is 297 g/mol. The lowest BCUT2D eigenvalue weighted by molar-refractivity contribution is 0.0946. The Morgan fingerprint density at radius 1 is 1.36 bits per heavy atom. The molecule has 0 spiro atoms. The van der Waals surface area contributed by atoms with Crippen molar-refractivity contribution >= 4 is 17.0 Å². The molecule has 3 atom stereocenters. The molecule has 5 heteroatoms. The van der Waals surface area contributed by atoms with E-state index in [-0.39, 0.29) is 5.91 Å². The summed E-state index contributed by atoms with van der Waals surface area (Å²) in [5.74, 6) is 1.87. The number of hydrogen-bond donors (Lipinski definition) is 1. The first-order valence-corrected chi connectivity index (χ1v) is 7.82. The second-order valence-corrected chi connectivity index (χ2v) is 6.51. The van der Waals surface area contributed by atoms with E-state index in [0.29, 0.717) is 28.8 Å². The Morgan fingerprint density at radius 2 is 2.23 bits per heavy atom. The SMILES string of the molecule is Cc1cc(C(=O)NC[C@@H]2C[C@@H]3C=C[C@@H]2C3)c2c(C)noc2n1. The van der Waals surface area contributed by atoms with Crippen molar-refractivity contribution in [2.24, 2.45) is 17.8 Å². The number of fused-ring (bicyclic) bond motifs is 3. The van der Waals surface area contributed by atoms with Gasteiger partial charge in [0.1, 0.15) is 0 Å². The third-order valence-electron chi connectivity index (χ3n) is 4.93. The van der Waals surface area contributed by atoms with Gasteiger partial charge in [-0.3, -0.25) is 4.79 Å². The van der Waals surface area contributed by atoms with E-state index in [4.69, 9.17) is 4.52 Å². The second kappa shape index (κ2) is 4.93. The van der Waals surface area contributed by atoms with Crippen LogP contribution in [0.15, 0.2) is 22.7 Å². The minimum atomic E-state index is -0.0615. The molecule has 114 valence electrons. The molecule has 0 saturated heterocycles. The van der Waals surface area contributed by atoms with Crippen molar-refractivity contribution < 1.29 is 9.32 Å². The van der Waals surface area contributed by atoms with Crippen LogP contribution >= 0.6 is 0 Å². The maximum atomic E-state index is 12.6. The van der Waals surface area contributed by atoms with Gasteiger partial charge in [0.25, 0.3) is 11.6 Å². The molecule has 0 aromatic carbocycles. The van der Waals surface area contributed by atoms with E-state index < -0.39 is 0 Å². The fourth-order valence-corrected chi connectivity index (χ4v) is 3.85. The van der Waals surface area contributed by atoms with Crippen LogP contribution < -0.4 is 5.32 Å². The molecule has 22 heavy (non-hydrogen) atoms. The summed E-state index contributed by atoms with van der Waals surface area (Å²) in [4.78, 5) is 16.9. The Kier molecular flexibility index (Phi) is 3.03. The molecule has 2 aliphatic carbocycles. The Morgan fingerprint density at radius 3 is 2.95 bits per heavy atom. The van der Waals surface area contributed by atoms with Crippen LogP contribution in [0.3, 0.4) is 0 Å². The van der Waals surface area contributed by atoms with E-state index in [1.165, 1.54) is 12.8 Å². The lowest BCUT2D eigenvalue weighted by Crippen LogP contribution is -2.31. The molecule has 2 bridgehead atoms. The van der Waals surface area contributed by atoms with Crippen molar-refractivity contribution in [2.45, 2.75) is 26.7 Å². The van der Waals surface area contributed by atoms with Gasteiger partial charge in [0.15, 0.2) is 0 Å². The predicted molar refractivity (Wildman–Crippen MR) is 82.5 cm³/mol. The molecular formula is C17H19N3O2. The zero-order valence-electron chi connectivity index (χ0n) is 12.8. The number of carbonyl (C=O) groups excluding carboxylic acids is 1. The number of allylic oxidation sites excluding steroid dienone is 2. The van der Waals surface area contributed by atoms with Gasteiger partial charge >= 0.3 is 0 Å². The molecule has 1 amide bonds. The van der Waals surface area contributed by atoms with Crippen LogP contribution in [0.1, 0.15) is 34.6 Å². The topological polar surface area (TPSA) is 68.0 Å². The Labute approximate surface area is 128 Å². The van der Waals surface area contributed by atoms with Crippen molar-refractivity contribution in [1.82, 2.24) is 15.5 Å². The van der Waals surface area contributed by atoms with Gasteiger partial charge in [-0.15, -0.1) is 0 Å². The zero-order valence-corrected chi connectivity index (χ0v) is 12.8. The molecule has 2 heterocycles. The van der Waals surface area contributed by atoms with Crippen LogP contribution in [-0.4, -0.2) is 22.6 Å². The number of hydrogen-bond acceptors (Lipinski definition) is 4. The number of rotatable bonds is 3. The van der Waals surface area contributed by atoms with Crippen molar-refractivity contribution in [2.75, 3.05) is 6.54 Å². The number of nitrogens with one attached hydrogen (secondary N) is 1. The quantitative estimate of drug-likeness (QED) is 0.885. The molecular weight excluding hydrogens is 278 g/mol. The number of pyridine rings is 1. The maximum Gasteiger partial charge on any atom is 0.258 e. The first-order chi connectivity index (χ1) is 10.6. The van der Waals surface area contributed by atoms with E-state index in [9.17, 15) is 4.79 Å². The molecule has 0 radical (unpaired) electrons. The minimum absolute atomic E-state index is 0.0615. The molecule has 1 saturated carbocycles. The molecule has 1 N–H and O–H groups in total. The summed E-state index contributed by atoms with van der Waals surface area (Å²) >= 11 is 0. The summed E-state index contributed by atoms with van der Waals surface area (Å²) in [5, 5.41) is 7.73. The summed E-state index contributed by atoms with van der Waals surface area (Å²) in [5.41, 5.74) is 2.51. The molecule has 0 unspecified atom stereocenters. The normalized spacial score (nSPS) is 26.0. The van der Waals surface area contributed by atoms with E-state index in [1.54, 1.807) is 0 Å². The van der Waals surface area contributed by atoms with Gasteiger partial charge in [-0.2, -0.15) is 0 Å². The number of carbonyl (C=O) groups is 1. The third-order valence-corrected chi connectivity index (χ3v) is 4.93. The average molecular weight is 297 g/mol. The van der Waals surface area contributed by atoms with Crippen LogP contribution in [0.25, 0.3) is 11.1 Å². The molecule has 0 aliphatic heterocycles. The van der Waals surface area contributed by atoms with E-state index in [0.717, 1.165) is 23.5 Å². The van der Waals surface area contributed by atoms with Crippen LogP contribution in [0.2, 0.25) is 0 Å². The van der Waals surface area contributed by atoms with Crippen LogP contribution in [0.4, 0.5) is 0 Å². The van der Waals surface area contributed by atoms with Gasteiger partial charge in [0.2, 0.25) is 0 Å². The largest absolute Gasteiger partial charge is 0.352 e. The highest BCUT2D eigenvalue weighted by Gasteiger charge is 2.35. The Bertz CT molecular complexity index is 778. The van der Waals surface area contributed by atoms with Crippen molar-refractivity contribution in [3.8, 4) is 0 Å². The highest BCUT2D eigenvalue weighted by Crippen LogP contribution is 2.43. The summed E-state index contributed by atoms with van der Waals surface area (Å²) < 4.78 is 5.19. The van der Waals surface area contributed by atoms with Crippen molar-refractivity contribution in [3.63, 3.8) is 0 Å². The molecule has 2 aromatic heterocycles. The van der Waals surface area contributed by atoms with Crippen LogP contribution in [0, 0.1) is 31.6 Å². The smallest absolute Gasteiger partial charge is 0.258 e. The maximum absolute atomic E-state index is 12.6.